The highest BCUT2D eigenvalue weighted by Gasteiger charge is 2.64. The molecule has 3 aliphatic rings. The second kappa shape index (κ2) is 12.6. The lowest BCUT2D eigenvalue weighted by Crippen LogP contribution is -2.68. The van der Waals surface area contributed by atoms with E-state index < -0.39 is 13.9 Å². The van der Waals surface area contributed by atoms with Gasteiger partial charge in [0, 0.05) is 18.1 Å². The Bertz CT molecular complexity index is 1410. The summed E-state index contributed by atoms with van der Waals surface area (Å²) in [4.78, 5) is 0. The van der Waals surface area contributed by atoms with Crippen LogP contribution in [0.15, 0.2) is 91.0 Å². The van der Waals surface area contributed by atoms with Gasteiger partial charge in [-0.3, -0.25) is 0 Å². The summed E-state index contributed by atoms with van der Waals surface area (Å²) in [7, 11) is -2.69. The predicted molar refractivity (Wildman–Crippen MR) is 191 cm³/mol. The van der Waals surface area contributed by atoms with Crippen molar-refractivity contribution in [2.75, 3.05) is 13.2 Å². The van der Waals surface area contributed by atoms with Gasteiger partial charge in [-0.1, -0.05) is 126 Å². The van der Waals surface area contributed by atoms with E-state index in [2.05, 4.69) is 120 Å². The Hall–Kier alpha value is -2.28. The number of aliphatic hydroxyl groups excluding tert-OH is 1. The van der Waals surface area contributed by atoms with Crippen LogP contribution in [0.1, 0.15) is 85.1 Å². The molecule has 6 rings (SSSR count). The second-order valence-electron chi connectivity index (χ2n) is 16.4. The monoisotopic (exact) mass is 639 g/mol. The van der Waals surface area contributed by atoms with Gasteiger partial charge in [0.25, 0.3) is 8.32 Å². The maximum Gasteiger partial charge on any atom is 0.261 e. The number of nitrogens with two attached hydrogens (primary N) is 1. The van der Waals surface area contributed by atoms with Crippen LogP contribution in [0.25, 0.3) is 0 Å². The lowest BCUT2D eigenvalue weighted by Gasteiger charge is -2.59. The van der Waals surface area contributed by atoms with E-state index >= 15 is 0 Å². The molecule has 3 saturated carbocycles. The van der Waals surface area contributed by atoms with E-state index in [-0.39, 0.29) is 34.5 Å². The molecule has 0 unspecified atom stereocenters. The van der Waals surface area contributed by atoms with Crippen molar-refractivity contribution in [2.45, 2.75) is 96.3 Å². The van der Waals surface area contributed by atoms with E-state index in [1.54, 1.807) is 0 Å². The zero-order valence-electron chi connectivity index (χ0n) is 28.8. The molecule has 0 aromatic heterocycles. The number of rotatable bonds is 8. The van der Waals surface area contributed by atoms with Gasteiger partial charge in [-0.25, -0.2) is 0 Å². The van der Waals surface area contributed by atoms with Crippen LogP contribution in [0, 0.1) is 34.5 Å². The Balaban J connectivity index is 1.29. The van der Waals surface area contributed by atoms with Crippen molar-refractivity contribution in [1.29, 1.82) is 0 Å². The zero-order chi connectivity index (χ0) is 32.8. The third-order valence-electron chi connectivity index (χ3n) is 13.4. The highest BCUT2D eigenvalue weighted by Crippen LogP contribution is 2.67. The van der Waals surface area contributed by atoms with E-state index in [0.29, 0.717) is 24.3 Å². The first-order valence-electron chi connectivity index (χ1n) is 17.8. The maximum atomic E-state index is 12.3. The van der Waals surface area contributed by atoms with Gasteiger partial charge in [0.15, 0.2) is 0 Å². The molecule has 0 spiro atoms. The normalized spacial score (nSPS) is 35.1. The van der Waals surface area contributed by atoms with Gasteiger partial charge in [-0.15, -0.1) is 0 Å². The fourth-order valence-corrected chi connectivity index (χ4v) is 15.6. The maximum absolute atomic E-state index is 12.3. The third-order valence-corrected chi connectivity index (χ3v) is 18.5. The summed E-state index contributed by atoms with van der Waals surface area (Å²) in [5, 5.41) is 25.9. The average molecular weight is 640 g/mol. The van der Waals surface area contributed by atoms with Crippen LogP contribution in [0.3, 0.4) is 0 Å². The number of aliphatic hydroxyl groups is 2. The number of hydrogen-bond acceptors (Lipinski definition) is 4. The molecule has 0 heterocycles. The second-order valence-corrected chi connectivity index (χ2v) is 20.6. The van der Waals surface area contributed by atoms with Crippen LogP contribution in [-0.4, -0.2) is 37.8 Å². The molecule has 3 aromatic rings. The molecule has 0 saturated heterocycles. The van der Waals surface area contributed by atoms with Crippen molar-refractivity contribution in [3.63, 3.8) is 0 Å². The molecule has 3 fully saturated rings. The van der Waals surface area contributed by atoms with Crippen molar-refractivity contribution in [2.24, 2.45) is 40.2 Å². The van der Waals surface area contributed by atoms with Gasteiger partial charge in [0.2, 0.25) is 0 Å². The summed E-state index contributed by atoms with van der Waals surface area (Å²) in [6.45, 7) is 12.6. The first-order chi connectivity index (χ1) is 21.9. The molecule has 0 bridgehead atoms. The minimum absolute atomic E-state index is 0.0289. The lowest BCUT2D eigenvalue weighted by molar-refractivity contribution is -0.143. The molecular weight excluding hydrogens is 583 g/mol. The van der Waals surface area contributed by atoms with Crippen molar-refractivity contribution in [3.05, 3.63) is 96.6 Å². The highest BCUT2D eigenvalue weighted by molar-refractivity contribution is 6.99. The average Bonchev–Trinajstić information content (AvgIpc) is 3.35. The molecule has 3 aliphatic carbocycles. The van der Waals surface area contributed by atoms with Gasteiger partial charge in [0.1, 0.15) is 0 Å². The van der Waals surface area contributed by atoms with Crippen molar-refractivity contribution in [3.8, 4) is 0 Å². The summed E-state index contributed by atoms with van der Waals surface area (Å²) in [5.41, 5.74) is 6.71. The van der Waals surface area contributed by atoms with E-state index in [4.69, 9.17) is 10.2 Å². The molecule has 248 valence electrons. The smallest absolute Gasteiger partial charge is 0.261 e. The Morgan fingerprint density at radius 2 is 1.33 bits per heavy atom. The molecule has 4 nitrogen and oxygen atoms in total. The van der Waals surface area contributed by atoms with Crippen LogP contribution < -0.4 is 16.1 Å². The third kappa shape index (κ3) is 5.26. The fraction of sp³-hybridized carbons (Fsp3) is 0.561. The number of hydrogen-bond donors (Lipinski definition) is 3. The molecule has 3 aromatic carbocycles. The Kier molecular flexibility index (Phi) is 9.23. The van der Waals surface area contributed by atoms with E-state index in [1.165, 1.54) is 10.4 Å². The van der Waals surface area contributed by atoms with Gasteiger partial charge in [-0.05, 0) is 102 Å². The van der Waals surface area contributed by atoms with Gasteiger partial charge < -0.3 is 20.4 Å². The molecule has 0 radical (unpaired) electrons. The van der Waals surface area contributed by atoms with Crippen LogP contribution in [0.4, 0.5) is 0 Å². The van der Waals surface area contributed by atoms with Crippen LogP contribution in [0.5, 0.6) is 0 Å². The van der Waals surface area contributed by atoms with E-state index in [0.717, 1.165) is 50.5 Å². The summed E-state index contributed by atoms with van der Waals surface area (Å²) in [6, 6.07) is 32.2. The molecule has 46 heavy (non-hydrogen) atoms. The number of benzene rings is 3. The Morgan fingerprint density at radius 1 is 0.783 bits per heavy atom. The minimum atomic E-state index is -2.69. The van der Waals surface area contributed by atoms with Crippen molar-refractivity contribution >= 4 is 18.7 Å². The summed E-state index contributed by atoms with van der Waals surface area (Å²) < 4.78 is 7.61. The fourth-order valence-electron chi connectivity index (χ4n) is 10.8. The number of fused-ring (bicyclic) bond motifs is 1. The quantitative estimate of drug-likeness (QED) is 0.232. The summed E-state index contributed by atoms with van der Waals surface area (Å²) in [6.07, 6.45) is 6.76. The Morgan fingerprint density at radius 3 is 1.85 bits per heavy atom. The molecule has 0 amide bonds. The van der Waals surface area contributed by atoms with Gasteiger partial charge in [0.05, 0.1) is 5.60 Å². The molecule has 8 atom stereocenters. The molecule has 4 N–H and O–H groups in total. The Labute approximate surface area is 278 Å². The highest BCUT2D eigenvalue weighted by atomic mass is 28.4. The van der Waals surface area contributed by atoms with Crippen molar-refractivity contribution < 1.29 is 14.6 Å². The SMILES string of the molecule is CC(C)(C)[Si](O[C@H]1CC[C@](C)([C@H]2CC[C@@]3(C)[C@@H](CC[C@@]3(O)c3ccccc3)[C@@H]2CN)[C@@H](CO)C1)(c1ccccc1)c1ccccc1. The van der Waals surface area contributed by atoms with Crippen LogP contribution in [-0.2, 0) is 10.0 Å². The first-order valence-corrected chi connectivity index (χ1v) is 19.7. The minimum Gasteiger partial charge on any atom is -0.404 e. The lowest BCUT2D eigenvalue weighted by atomic mass is 9.48. The standard InChI is InChI=1S/C41H57NO3Si/c1-38(2,3)46(33-17-11-7-12-18-33,34-19-13-8-14-20-34)45-32-21-24-39(4,31(27-32)29-43)36-22-25-40(5)37(35(36)28-42)23-26-41(40,44)30-15-9-6-10-16-30/h6-20,31-32,35-37,43-44H,21-29,42H2,1-5H3/t31-,32+,35-,36+,37+,39+,40+,41-/m1/s1. The largest absolute Gasteiger partial charge is 0.404 e. The topological polar surface area (TPSA) is 75.7 Å². The van der Waals surface area contributed by atoms with E-state index in [1.807, 2.05) is 6.07 Å². The van der Waals surface area contributed by atoms with Gasteiger partial charge >= 0.3 is 0 Å². The summed E-state index contributed by atoms with van der Waals surface area (Å²) >= 11 is 0. The first kappa shape index (κ1) is 33.6. The van der Waals surface area contributed by atoms with Crippen molar-refractivity contribution in [1.82, 2.24) is 0 Å². The van der Waals surface area contributed by atoms with Crippen LogP contribution >= 0.6 is 0 Å². The van der Waals surface area contributed by atoms with Crippen LogP contribution in [0.2, 0.25) is 5.04 Å². The van der Waals surface area contributed by atoms with Gasteiger partial charge in [-0.2, -0.15) is 0 Å². The molecule has 0 aliphatic heterocycles. The molecular formula is C41H57NO3Si. The summed E-state index contributed by atoms with van der Waals surface area (Å²) in [5.74, 6) is 1.25. The van der Waals surface area contributed by atoms with E-state index in [9.17, 15) is 10.2 Å². The zero-order valence-corrected chi connectivity index (χ0v) is 29.8. The predicted octanol–water partition coefficient (Wildman–Crippen LogP) is 7.02. The molecule has 5 heteroatoms.